The van der Waals surface area contributed by atoms with Crippen molar-refractivity contribution in [2.24, 2.45) is 5.92 Å². The molecule has 10 heteroatoms. The lowest BCUT2D eigenvalue weighted by atomic mass is 9.98. The van der Waals surface area contributed by atoms with Crippen molar-refractivity contribution in [3.05, 3.63) is 35.1 Å². The summed E-state index contributed by atoms with van der Waals surface area (Å²) in [6, 6.07) is 0.238. The summed E-state index contributed by atoms with van der Waals surface area (Å²) >= 11 is 0. The van der Waals surface area contributed by atoms with E-state index >= 15 is 0 Å². The second kappa shape index (κ2) is 8.34. The summed E-state index contributed by atoms with van der Waals surface area (Å²) in [6.07, 6.45) is -4.71. The van der Waals surface area contributed by atoms with E-state index in [4.69, 9.17) is 5.26 Å². The minimum absolute atomic E-state index is 0.0463. The average molecular weight is 447 g/mol. The van der Waals surface area contributed by atoms with Gasteiger partial charge in [-0.25, -0.2) is 13.2 Å². The van der Waals surface area contributed by atoms with E-state index in [0.29, 0.717) is 25.7 Å². The van der Waals surface area contributed by atoms with E-state index in [1.807, 2.05) is 11.4 Å². The fourth-order valence-electron chi connectivity index (χ4n) is 3.49. The first kappa shape index (κ1) is 23.4. The maximum atomic E-state index is 14.5. The van der Waals surface area contributed by atoms with Gasteiger partial charge >= 0.3 is 6.18 Å². The molecule has 2 unspecified atom stereocenters. The van der Waals surface area contributed by atoms with E-state index in [0.717, 1.165) is 18.2 Å². The molecular formula is C21H23F6N3O. The van der Waals surface area contributed by atoms with Crippen LogP contribution in [-0.2, 0) is 4.79 Å². The van der Waals surface area contributed by atoms with Gasteiger partial charge in [-0.1, -0.05) is 12.1 Å². The van der Waals surface area contributed by atoms with E-state index in [9.17, 15) is 31.1 Å². The highest BCUT2D eigenvalue weighted by Gasteiger charge is 2.49. The first-order valence-corrected chi connectivity index (χ1v) is 10.0. The number of hydrogen-bond donors (Lipinski definition) is 2. The van der Waals surface area contributed by atoms with Crippen LogP contribution in [0, 0.1) is 30.0 Å². The molecule has 1 amide bonds. The Balaban J connectivity index is 1.86. The zero-order chi connectivity index (χ0) is 23.0. The third kappa shape index (κ3) is 6.12. The number of benzene rings is 1. The van der Waals surface area contributed by atoms with Crippen LogP contribution in [0.15, 0.2) is 18.2 Å². The Morgan fingerprint density at radius 3 is 2.39 bits per heavy atom. The number of halogens is 6. The van der Waals surface area contributed by atoms with Gasteiger partial charge in [0.1, 0.15) is 17.4 Å². The number of aryl methyl sites for hydroxylation is 1. The van der Waals surface area contributed by atoms with Gasteiger partial charge in [0.15, 0.2) is 0 Å². The predicted octanol–water partition coefficient (Wildman–Crippen LogP) is 4.69. The maximum absolute atomic E-state index is 14.5. The molecule has 0 saturated heterocycles. The molecule has 1 aromatic carbocycles. The summed E-state index contributed by atoms with van der Waals surface area (Å²) in [5, 5.41) is 13.5. The molecule has 1 aromatic rings. The lowest BCUT2D eigenvalue weighted by Gasteiger charge is -2.30. The first-order valence-electron chi connectivity index (χ1n) is 10.0. The second-order valence-electron chi connectivity index (χ2n) is 8.59. The van der Waals surface area contributed by atoms with Gasteiger partial charge in [0.2, 0.25) is 11.8 Å². The van der Waals surface area contributed by atoms with Crippen LogP contribution in [0.2, 0.25) is 0 Å². The standard InChI is InChI=1S/C21H23F6N3O/c1-12-8-14(4-5-15(12)22)17(21(25,26)27)29-16(10-20(23,24)9-13-2-3-13)18(31)30-19(11-28)6-7-19/h4-5,8,13,16-17,29H,2-3,6-7,9-10H2,1H3,(H,30,31). The molecule has 2 fully saturated rings. The molecule has 31 heavy (non-hydrogen) atoms. The minimum atomic E-state index is -4.93. The molecule has 0 radical (unpaired) electrons. The number of rotatable bonds is 9. The summed E-state index contributed by atoms with van der Waals surface area (Å²) in [5.41, 5.74) is -1.66. The van der Waals surface area contributed by atoms with Crippen LogP contribution in [0.4, 0.5) is 26.3 Å². The highest BCUT2D eigenvalue weighted by molar-refractivity contribution is 5.83. The van der Waals surface area contributed by atoms with Gasteiger partial charge in [-0.3, -0.25) is 10.1 Å². The summed E-state index contributed by atoms with van der Waals surface area (Å²) in [7, 11) is 0. The Kier molecular flexibility index (Phi) is 6.29. The number of nitriles is 1. The predicted molar refractivity (Wildman–Crippen MR) is 99.5 cm³/mol. The molecule has 3 rings (SSSR count). The second-order valence-corrected chi connectivity index (χ2v) is 8.59. The molecule has 2 atom stereocenters. The highest BCUT2D eigenvalue weighted by atomic mass is 19.4. The zero-order valence-electron chi connectivity index (χ0n) is 16.8. The summed E-state index contributed by atoms with van der Waals surface area (Å²) in [4.78, 5) is 12.7. The van der Waals surface area contributed by atoms with Crippen LogP contribution in [0.25, 0.3) is 0 Å². The molecule has 170 valence electrons. The zero-order valence-corrected chi connectivity index (χ0v) is 16.8. The smallest absolute Gasteiger partial charge is 0.336 e. The van der Waals surface area contributed by atoms with E-state index in [1.54, 1.807) is 0 Å². The molecule has 0 bridgehead atoms. The maximum Gasteiger partial charge on any atom is 0.407 e. The fraction of sp³-hybridized carbons (Fsp3) is 0.619. The number of carbonyl (C=O) groups is 1. The molecule has 2 N–H and O–H groups in total. The number of alkyl halides is 5. The third-order valence-corrected chi connectivity index (χ3v) is 5.64. The van der Waals surface area contributed by atoms with Crippen molar-refractivity contribution < 1.29 is 31.1 Å². The van der Waals surface area contributed by atoms with Gasteiger partial charge < -0.3 is 5.32 Å². The topological polar surface area (TPSA) is 64.9 Å². The van der Waals surface area contributed by atoms with Crippen LogP contribution in [0.5, 0.6) is 0 Å². The number of hydrogen-bond acceptors (Lipinski definition) is 3. The van der Waals surface area contributed by atoms with Crippen LogP contribution < -0.4 is 10.6 Å². The monoisotopic (exact) mass is 447 g/mol. The van der Waals surface area contributed by atoms with Crippen molar-refractivity contribution in [3.8, 4) is 6.07 Å². The molecule has 4 nitrogen and oxygen atoms in total. The van der Waals surface area contributed by atoms with E-state index in [1.165, 1.54) is 6.92 Å². The Hall–Kier alpha value is -2.28. The van der Waals surface area contributed by atoms with E-state index in [2.05, 4.69) is 5.32 Å². The van der Waals surface area contributed by atoms with E-state index in [-0.39, 0.29) is 11.5 Å². The Labute approximate surface area is 176 Å². The third-order valence-electron chi connectivity index (χ3n) is 5.64. The lowest BCUT2D eigenvalue weighted by molar-refractivity contribution is -0.163. The molecule has 0 heterocycles. The average Bonchev–Trinajstić information content (AvgIpc) is 3.58. The molecule has 2 aliphatic carbocycles. The van der Waals surface area contributed by atoms with E-state index < -0.39 is 59.9 Å². The largest absolute Gasteiger partial charge is 0.407 e. The highest BCUT2D eigenvalue weighted by Crippen LogP contribution is 2.42. The first-order chi connectivity index (χ1) is 14.3. The fourth-order valence-corrected chi connectivity index (χ4v) is 3.49. The van der Waals surface area contributed by atoms with Crippen molar-refractivity contribution in [3.63, 3.8) is 0 Å². The van der Waals surface area contributed by atoms with Gasteiger partial charge in [0.25, 0.3) is 0 Å². The minimum Gasteiger partial charge on any atom is -0.336 e. The normalized spacial score (nSPS) is 19.9. The SMILES string of the molecule is Cc1cc(C(NC(CC(F)(F)CC2CC2)C(=O)NC2(C#N)CC2)C(F)(F)F)ccc1F. The molecule has 0 aromatic heterocycles. The quantitative estimate of drug-likeness (QED) is 0.540. The molecule has 2 aliphatic rings. The van der Waals surface area contributed by atoms with Crippen molar-refractivity contribution in [1.29, 1.82) is 5.26 Å². The Bertz CT molecular complexity index is 871. The van der Waals surface area contributed by atoms with Gasteiger partial charge in [0.05, 0.1) is 12.1 Å². The number of nitrogens with zero attached hydrogens (tertiary/aromatic N) is 1. The van der Waals surface area contributed by atoms with Crippen molar-refractivity contribution in [2.45, 2.75) is 75.2 Å². The summed E-state index contributed by atoms with van der Waals surface area (Å²) < 4.78 is 84.0. The number of amides is 1. The molecule has 0 aliphatic heterocycles. The summed E-state index contributed by atoms with van der Waals surface area (Å²) in [5.74, 6) is -5.35. The van der Waals surface area contributed by atoms with Crippen molar-refractivity contribution in [1.82, 2.24) is 10.6 Å². The van der Waals surface area contributed by atoms with Crippen LogP contribution in [0.1, 0.15) is 55.7 Å². The summed E-state index contributed by atoms with van der Waals surface area (Å²) in [6.45, 7) is 1.28. The van der Waals surface area contributed by atoms with Crippen molar-refractivity contribution in [2.75, 3.05) is 0 Å². The van der Waals surface area contributed by atoms with Crippen LogP contribution in [-0.4, -0.2) is 29.6 Å². The number of carbonyl (C=O) groups excluding carboxylic acids is 1. The van der Waals surface area contributed by atoms with Crippen LogP contribution in [0.3, 0.4) is 0 Å². The number of nitrogens with one attached hydrogen (secondary N) is 2. The van der Waals surface area contributed by atoms with Gasteiger partial charge in [-0.2, -0.15) is 18.4 Å². The molecule has 2 saturated carbocycles. The van der Waals surface area contributed by atoms with Crippen molar-refractivity contribution >= 4 is 5.91 Å². The van der Waals surface area contributed by atoms with Gasteiger partial charge in [-0.15, -0.1) is 0 Å². The lowest BCUT2D eigenvalue weighted by Crippen LogP contribution is -2.53. The Morgan fingerprint density at radius 1 is 1.26 bits per heavy atom. The van der Waals surface area contributed by atoms with Crippen LogP contribution >= 0.6 is 0 Å². The molecule has 0 spiro atoms. The Morgan fingerprint density at radius 2 is 1.90 bits per heavy atom. The molecular weight excluding hydrogens is 424 g/mol. The van der Waals surface area contributed by atoms with Gasteiger partial charge in [-0.05, 0) is 55.7 Å². The van der Waals surface area contributed by atoms with Gasteiger partial charge in [0, 0.05) is 12.8 Å².